The molecule has 0 radical (unpaired) electrons. The van der Waals surface area contributed by atoms with Crippen molar-refractivity contribution in [2.24, 2.45) is 0 Å². The van der Waals surface area contributed by atoms with Crippen molar-refractivity contribution >= 4 is 49.3 Å². The van der Waals surface area contributed by atoms with Crippen molar-refractivity contribution in [2.75, 3.05) is 17.2 Å². The normalized spacial score (nSPS) is 10.2. The van der Waals surface area contributed by atoms with Crippen LogP contribution in [0, 0.1) is 0 Å². The van der Waals surface area contributed by atoms with E-state index < -0.39 is 0 Å². The summed E-state index contributed by atoms with van der Waals surface area (Å²) < 4.78 is 1.62. The Balaban J connectivity index is 2.17. The first kappa shape index (κ1) is 16.0. The number of aromatic nitrogens is 1. The number of nitrogens with zero attached hydrogens (tertiary/aromatic N) is 1. The van der Waals surface area contributed by atoms with E-state index in [1.807, 2.05) is 30.3 Å². The van der Waals surface area contributed by atoms with Gasteiger partial charge in [0.15, 0.2) is 0 Å². The first-order valence-corrected chi connectivity index (χ1v) is 8.16. The molecule has 0 saturated heterocycles. The van der Waals surface area contributed by atoms with Gasteiger partial charge in [-0.25, -0.2) is 4.98 Å². The average molecular weight is 413 g/mol. The summed E-state index contributed by atoms with van der Waals surface area (Å²) in [4.78, 5) is 16.6. The van der Waals surface area contributed by atoms with Gasteiger partial charge in [-0.15, -0.1) is 0 Å². The zero-order chi connectivity index (χ0) is 15.2. The molecule has 0 unspecified atom stereocenters. The fourth-order valence-electron chi connectivity index (χ4n) is 1.71. The van der Waals surface area contributed by atoms with Crippen LogP contribution in [0.2, 0.25) is 0 Å². The molecule has 0 aliphatic heterocycles. The van der Waals surface area contributed by atoms with Gasteiger partial charge in [0.25, 0.3) is 5.91 Å². The van der Waals surface area contributed by atoms with Crippen LogP contribution >= 0.6 is 31.9 Å². The van der Waals surface area contributed by atoms with Crippen molar-refractivity contribution in [1.29, 1.82) is 0 Å². The molecular weight excluding hydrogens is 398 g/mol. The number of hydrogen-bond acceptors (Lipinski definition) is 3. The number of amides is 1. The van der Waals surface area contributed by atoms with Gasteiger partial charge in [0.05, 0.1) is 5.69 Å². The molecule has 0 fully saturated rings. The lowest BCUT2D eigenvalue weighted by Crippen LogP contribution is -2.15. The predicted molar refractivity (Wildman–Crippen MR) is 92.8 cm³/mol. The van der Waals surface area contributed by atoms with Crippen LogP contribution in [0.1, 0.15) is 23.8 Å². The highest BCUT2D eigenvalue weighted by atomic mass is 79.9. The number of anilines is 2. The molecule has 2 N–H and O–H groups in total. The maximum atomic E-state index is 12.3. The quantitative estimate of drug-likeness (QED) is 0.749. The lowest BCUT2D eigenvalue weighted by molar-refractivity contribution is 0.102. The van der Waals surface area contributed by atoms with Gasteiger partial charge in [0.2, 0.25) is 0 Å². The third-order valence-corrected chi connectivity index (χ3v) is 4.06. The summed E-state index contributed by atoms with van der Waals surface area (Å²) in [6.07, 6.45) is 1.00. The molecule has 1 heterocycles. The molecule has 110 valence electrons. The molecule has 1 aromatic carbocycles. The van der Waals surface area contributed by atoms with Crippen molar-refractivity contribution < 1.29 is 4.79 Å². The summed E-state index contributed by atoms with van der Waals surface area (Å²) in [7, 11) is 0. The summed E-state index contributed by atoms with van der Waals surface area (Å²) in [5.41, 5.74) is 1.06. The number of carbonyl (C=O) groups is 1. The molecule has 1 aromatic heterocycles. The number of halogens is 2. The monoisotopic (exact) mass is 411 g/mol. The average Bonchev–Trinajstić information content (AvgIpc) is 2.49. The molecule has 0 spiro atoms. The van der Waals surface area contributed by atoms with Crippen molar-refractivity contribution in [3.05, 3.63) is 51.0 Å². The van der Waals surface area contributed by atoms with Gasteiger partial charge in [0, 0.05) is 15.5 Å². The van der Waals surface area contributed by atoms with E-state index in [2.05, 4.69) is 54.4 Å². The highest BCUT2D eigenvalue weighted by Crippen LogP contribution is 2.30. The van der Waals surface area contributed by atoms with Crippen LogP contribution in [0.15, 0.2) is 45.3 Å². The minimum Gasteiger partial charge on any atom is -0.370 e. The summed E-state index contributed by atoms with van der Waals surface area (Å²) in [5.74, 6) is 0.457. The molecule has 0 saturated carbocycles. The van der Waals surface area contributed by atoms with E-state index in [-0.39, 0.29) is 5.91 Å². The zero-order valence-electron chi connectivity index (χ0n) is 11.5. The Morgan fingerprint density at radius 1 is 1.14 bits per heavy atom. The Kier molecular flexibility index (Phi) is 5.76. The van der Waals surface area contributed by atoms with E-state index in [9.17, 15) is 4.79 Å². The predicted octanol–water partition coefficient (Wildman–Crippen LogP) is 4.68. The number of pyridine rings is 1. The number of rotatable bonds is 5. The lowest BCUT2D eigenvalue weighted by atomic mass is 10.3. The second kappa shape index (κ2) is 7.56. The van der Waals surface area contributed by atoms with Gasteiger partial charge in [-0.05, 0) is 62.5 Å². The highest BCUT2D eigenvalue weighted by Gasteiger charge is 2.12. The summed E-state index contributed by atoms with van der Waals surface area (Å²) >= 11 is 6.84. The van der Waals surface area contributed by atoms with Gasteiger partial charge in [0.1, 0.15) is 11.5 Å². The van der Waals surface area contributed by atoms with Crippen molar-refractivity contribution in [1.82, 2.24) is 4.98 Å². The number of carbonyl (C=O) groups excluding carboxylic acids is 1. The molecule has 4 nitrogen and oxygen atoms in total. The van der Waals surface area contributed by atoms with E-state index >= 15 is 0 Å². The zero-order valence-corrected chi connectivity index (χ0v) is 14.7. The molecule has 0 aliphatic carbocycles. The molecule has 6 heteroatoms. The van der Waals surface area contributed by atoms with Gasteiger partial charge < -0.3 is 10.6 Å². The van der Waals surface area contributed by atoms with Crippen LogP contribution in [-0.4, -0.2) is 17.4 Å². The Bertz CT molecular complexity index is 626. The van der Waals surface area contributed by atoms with E-state index in [1.54, 1.807) is 6.07 Å². The van der Waals surface area contributed by atoms with Crippen LogP contribution in [0.25, 0.3) is 0 Å². The number of para-hydroxylation sites is 1. The fourth-order valence-corrected chi connectivity index (χ4v) is 2.90. The second-order valence-corrected chi connectivity index (χ2v) is 6.09. The van der Waals surface area contributed by atoms with E-state index in [4.69, 9.17) is 0 Å². The standard InChI is InChI=1S/C15H15Br2N3O/c1-2-9-18-13-8-4-7-12(19-13)15(21)20-14-10(16)5-3-6-11(14)17/h3-8H,2,9H2,1H3,(H,18,19)(H,20,21). The number of nitrogens with one attached hydrogen (secondary N) is 2. The summed E-state index contributed by atoms with van der Waals surface area (Å²) in [5, 5.41) is 6.02. The molecular formula is C15H15Br2N3O. The van der Waals surface area contributed by atoms with Crippen LogP contribution < -0.4 is 10.6 Å². The number of benzene rings is 1. The summed E-state index contributed by atoms with van der Waals surface area (Å²) in [6, 6.07) is 11.0. The molecule has 2 aromatic rings. The van der Waals surface area contributed by atoms with Crippen LogP contribution in [-0.2, 0) is 0 Å². The highest BCUT2D eigenvalue weighted by molar-refractivity contribution is 9.11. The second-order valence-electron chi connectivity index (χ2n) is 4.39. The van der Waals surface area contributed by atoms with E-state index in [1.165, 1.54) is 0 Å². The van der Waals surface area contributed by atoms with Gasteiger partial charge >= 0.3 is 0 Å². The molecule has 1 amide bonds. The first-order valence-electron chi connectivity index (χ1n) is 6.58. The number of hydrogen-bond donors (Lipinski definition) is 2. The van der Waals surface area contributed by atoms with E-state index in [0.717, 1.165) is 21.9 Å². The third-order valence-electron chi connectivity index (χ3n) is 2.74. The van der Waals surface area contributed by atoms with Crippen LogP contribution in [0.3, 0.4) is 0 Å². The van der Waals surface area contributed by atoms with Crippen molar-refractivity contribution in [3.8, 4) is 0 Å². The van der Waals surface area contributed by atoms with Gasteiger partial charge in [-0.3, -0.25) is 4.79 Å². The minimum atomic E-state index is -0.247. The van der Waals surface area contributed by atoms with Gasteiger partial charge in [-0.2, -0.15) is 0 Å². The topological polar surface area (TPSA) is 54.0 Å². The fraction of sp³-hybridized carbons (Fsp3) is 0.200. The van der Waals surface area contributed by atoms with Gasteiger partial charge in [-0.1, -0.05) is 19.1 Å². The third kappa shape index (κ3) is 4.28. The van der Waals surface area contributed by atoms with Crippen LogP contribution in [0.5, 0.6) is 0 Å². The van der Waals surface area contributed by atoms with Crippen molar-refractivity contribution in [3.63, 3.8) is 0 Å². The maximum absolute atomic E-state index is 12.3. The Hall–Kier alpha value is -1.40. The molecule has 21 heavy (non-hydrogen) atoms. The smallest absolute Gasteiger partial charge is 0.274 e. The first-order chi connectivity index (χ1) is 10.1. The van der Waals surface area contributed by atoms with Crippen LogP contribution in [0.4, 0.5) is 11.5 Å². The summed E-state index contributed by atoms with van der Waals surface area (Å²) in [6.45, 7) is 2.90. The Labute approximate surface area is 140 Å². The Morgan fingerprint density at radius 2 is 1.81 bits per heavy atom. The lowest BCUT2D eigenvalue weighted by Gasteiger charge is -2.10. The van der Waals surface area contributed by atoms with Crippen molar-refractivity contribution in [2.45, 2.75) is 13.3 Å². The maximum Gasteiger partial charge on any atom is 0.274 e. The Morgan fingerprint density at radius 3 is 2.48 bits per heavy atom. The SMILES string of the molecule is CCCNc1cccc(C(=O)Nc2c(Br)cccc2Br)n1. The van der Waals surface area contributed by atoms with E-state index in [0.29, 0.717) is 17.2 Å². The molecule has 0 atom stereocenters. The minimum absolute atomic E-state index is 0.247. The largest absolute Gasteiger partial charge is 0.370 e. The molecule has 0 aliphatic rings. The molecule has 0 bridgehead atoms. The molecule has 2 rings (SSSR count).